The fraction of sp³-hybridized carbons (Fsp3) is 0.412. The van der Waals surface area contributed by atoms with Gasteiger partial charge >= 0.3 is 0 Å². The number of hydrogen-bond acceptors (Lipinski definition) is 3. The monoisotopic (exact) mass is 334 g/mol. The number of hydrogen-bond donors (Lipinski definition) is 1. The maximum atomic E-state index is 12.9. The Morgan fingerprint density at radius 1 is 1.43 bits per heavy atom. The van der Waals surface area contributed by atoms with E-state index in [0.29, 0.717) is 29.4 Å². The van der Waals surface area contributed by atoms with Gasteiger partial charge in [-0.1, -0.05) is 25.4 Å². The van der Waals surface area contributed by atoms with Crippen LogP contribution in [0, 0.1) is 5.92 Å². The molecular weight excluding hydrogens is 316 g/mol. The van der Waals surface area contributed by atoms with Crippen molar-refractivity contribution in [1.29, 1.82) is 0 Å². The van der Waals surface area contributed by atoms with Gasteiger partial charge in [-0.25, -0.2) is 0 Å². The molecule has 3 rings (SSSR count). The van der Waals surface area contributed by atoms with Gasteiger partial charge in [0.15, 0.2) is 0 Å². The molecule has 5 nitrogen and oxygen atoms in total. The highest BCUT2D eigenvalue weighted by Gasteiger charge is 2.36. The summed E-state index contributed by atoms with van der Waals surface area (Å²) < 4.78 is 5.65. The van der Waals surface area contributed by atoms with Gasteiger partial charge in [0.1, 0.15) is 18.4 Å². The number of carbonyl (C=O) groups is 2. The quantitative estimate of drug-likeness (QED) is 0.901. The maximum absolute atomic E-state index is 12.9. The van der Waals surface area contributed by atoms with E-state index < -0.39 is 6.04 Å². The standard InChI is InChI=1S/C17H19ClN2O3/c1-10(2)15-16(21)19-5-6-20(15)17(22)12-7-11-8-13(18)3-4-14(11)23-9-12/h3-4,7-8,10,15H,5-6,9H2,1-2H3,(H,19,21)/t15-/m1/s1. The van der Waals surface area contributed by atoms with Gasteiger partial charge in [0.05, 0.1) is 5.57 Å². The van der Waals surface area contributed by atoms with Crippen LogP contribution in [-0.2, 0) is 9.59 Å². The molecule has 0 aliphatic carbocycles. The highest BCUT2D eigenvalue weighted by atomic mass is 35.5. The largest absolute Gasteiger partial charge is 0.488 e. The Hall–Kier alpha value is -2.01. The first-order valence-corrected chi connectivity index (χ1v) is 8.07. The smallest absolute Gasteiger partial charge is 0.254 e. The third-order valence-corrected chi connectivity index (χ3v) is 4.34. The normalized spacial score (nSPS) is 20.5. The number of halogens is 1. The van der Waals surface area contributed by atoms with E-state index in [4.69, 9.17) is 16.3 Å². The lowest BCUT2D eigenvalue weighted by Gasteiger charge is -2.38. The Kier molecular flexibility index (Phi) is 4.31. The van der Waals surface area contributed by atoms with Crippen LogP contribution in [0.15, 0.2) is 23.8 Å². The molecule has 2 aliphatic rings. The number of amides is 2. The van der Waals surface area contributed by atoms with Crippen LogP contribution in [-0.4, -0.2) is 42.5 Å². The van der Waals surface area contributed by atoms with E-state index in [1.54, 1.807) is 29.2 Å². The topological polar surface area (TPSA) is 58.6 Å². The van der Waals surface area contributed by atoms with Gasteiger partial charge < -0.3 is 15.0 Å². The Labute approximate surface area is 140 Å². The zero-order chi connectivity index (χ0) is 16.6. The summed E-state index contributed by atoms with van der Waals surface area (Å²) >= 11 is 6.00. The molecule has 2 aliphatic heterocycles. The number of nitrogens with one attached hydrogen (secondary N) is 1. The van der Waals surface area contributed by atoms with Crippen LogP contribution >= 0.6 is 11.6 Å². The number of rotatable bonds is 2. The van der Waals surface area contributed by atoms with Crippen LogP contribution in [0.4, 0.5) is 0 Å². The average molecular weight is 335 g/mol. The molecule has 2 heterocycles. The molecular formula is C17H19ClN2O3. The molecule has 2 amide bonds. The van der Waals surface area contributed by atoms with Crippen molar-refractivity contribution >= 4 is 29.5 Å². The van der Waals surface area contributed by atoms with Gasteiger partial charge in [-0.2, -0.15) is 0 Å². The first kappa shape index (κ1) is 15.9. The summed E-state index contributed by atoms with van der Waals surface area (Å²) in [7, 11) is 0. The zero-order valence-corrected chi connectivity index (χ0v) is 13.9. The third kappa shape index (κ3) is 3.06. The predicted octanol–water partition coefficient (Wildman–Crippen LogP) is 2.10. The first-order chi connectivity index (χ1) is 11.0. The minimum atomic E-state index is -0.446. The lowest BCUT2D eigenvalue weighted by molar-refractivity contribution is -0.142. The minimum absolute atomic E-state index is 0.0473. The summed E-state index contributed by atoms with van der Waals surface area (Å²) in [6, 6.07) is 4.87. The summed E-state index contributed by atoms with van der Waals surface area (Å²) in [5, 5.41) is 3.42. The van der Waals surface area contributed by atoms with Crippen LogP contribution in [0.3, 0.4) is 0 Å². The molecule has 0 spiro atoms. The third-order valence-electron chi connectivity index (χ3n) is 4.11. The molecule has 1 atom stereocenters. The maximum Gasteiger partial charge on any atom is 0.254 e. The van der Waals surface area contributed by atoms with E-state index in [1.807, 2.05) is 13.8 Å². The van der Waals surface area contributed by atoms with E-state index in [-0.39, 0.29) is 24.3 Å². The molecule has 0 bridgehead atoms. The fourth-order valence-corrected chi connectivity index (χ4v) is 3.21. The SMILES string of the molecule is CC(C)[C@@H]1C(=O)NCCN1C(=O)C1=Cc2cc(Cl)ccc2OC1. The van der Waals surface area contributed by atoms with Crippen molar-refractivity contribution in [2.24, 2.45) is 5.92 Å². The minimum Gasteiger partial charge on any atom is -0.488 e. The first-order valence-electron chi connectivity index (χ1n) is 7.69. The highest BCUT2D eigenvalue weighted by Crippen LogP contribution is 2.30. The van der Waals surface area contributed by atoms with E-state index in [0.717, 1.165) is 5.56 Å². The van der Waals surface area contributed by atoms with Crippen molar-refractivity contribution in [3.05, 3.63) is 34.4 Å². The number of fused-ring (bicyclic) bond motifs is 1. The number of piperazine rings is 1. The Bertz CT molecular complexity index is 684. The van der Waals surface area contributed by atoms with Gasteiger partial charge in [0, 0.05) is 23.7 Å². The van der Waals surface area contributed by atoms with Crippen LogP contribution in [0.2, 0.25) is 5.02 Å². The molecule has 1 fully saturated rings. The van der Waals surface area contributed by atoms with Crippen LogP contribution in [0.1, 0.15) is 19.4 Å². The van der Waals surface area contributed by atoms with Crippen molar-refractivity contribution in [3.8, 4) is 5.75 Å². The number of ether oxygens (including phenoxy) is 1. The summed E-state index contributed by atoms with van der Waals surface area (Å²) in [6.45, 7) is 5.07. The van der Waals surface area contributed by atoms with Crippen molar-refractivity contribution in [1.82, 2.24) is 10.2 Å². The lowest BCUT2D eigenvalue weighted by Crippen LogP contribution is -2.59. The second-order valence-electron chi connectivity index (χ2n) is 6.12. The van der Waals surface area contributed by atoms with Crippen molar-refractivity contribution in [2.75, 3.05) is 19.7 Å². The zero-order valence-electron chi connectivity index (χ0n) is 13.1. The number of nitrogens with zero attached hydrogens (tertiary/aromatic N) is 1. The molecule has 1 saturated heterocycles. The summed E-state index contributed by atoms with van der Waals surface area (Å²) in [5.41, 5.74) is 1.33. The summed E-state index contributed by atoms with van der Waals surface area (Å²) in [5.74, 6) is 0.512. The van der Waals surface area contributed by atoms with Gasteiger partial charge in [-0.05, 0) is 30.2 Å². The van der Waals surface area contributed by atoms with Gasteiger partial charge in [-0.3, -0.25) is 9.59 Å². The Balaban J connectivity index is 1.89. The van der Waals surface area contributed by atoms with Gasteiger partial charge in [-0.15, -0.1) is 0 Å². The summed E-state index contributed by atoms with van der Waals surface area (Å²) in [6.07, 6.45) is 1.80. The van der Waals surface area contributed by atoms with Gasteiger partial charge in [0.2, 0.25) is 5.91 Å². The Morgan fingerprint density at radius 3 is 2.96 bits per heavy atom. The van der Waals surface area contributed by atoms with Crippen molar-refractivity contribution in [3.63, 3.8) is 0 Å². The van der Waals surface area contributed by atoms with Crippen LogP contribution < -0.4 is 10.1 Å². The Morgan fingerprint density at radius 2 is 2.22 bits per heavy atom. The molecule has 1 aromatic rings. The van der Waals surface area contributed by atoms with Gasteiger partial charge in [0.25, 0.3) is 5.91 Å². The van der Waals surface area contributed by atoms with Crippen LogP contribution in [0.5, 0.6) is 5.75 Å². The van der Waals surface area contributed by atoms with E-state index in [2.05, 4.69) is 5.32 Å². The van der Waals surface area contributed by atoms with E-state index in [9.17, 15) is 9.59 Å². The molecule has 1 N–H and O–H groups in total. The highest BCUT2D eigenvalue weighted by molar-refractivity contribution is 6.30. The summed E-state index contributed by atoms with van der Waals surface area (Å²) in [4.78, 5) is 26.6. The lowest BCUT2D eigenvalue weighted by atomic mass is 9.98. The van der Waals surface area contributed by atoms with Crippen LogP contribution in [0.25, 0.3) is 6.08 Å². The molecule has 0 aromatic heterocycles. The molecule has 0 radical (unpaired) electrons. The number of benzene rings is 1. The van der Waals surface area contributed by atoms with E-state index >= 15 is 0 Å². The molecule has 0 saturated carbocycles. The molecule has 122 valence electrons. The fourth-order valence-electron chi connectivity index (χ4n) is 3.03. The second-order valence-corrected chi connectivity index (χ2v) is 6.56. The average Bonchev–Trinajstić information content (AvgIpc) is 2.52. The number of carbonyl (C=O) groups excluding carboxylic acids is 2. The molecule has 23 heavy (non-hydrogen) atoms. The van der Waals surface area contributed by atoms with Crippen molar-refractivity contribution in [2.45, 2.75) is 19.9 Å². The predicted molar refractivity (Wildman–Crippen MR) is 88.3 cm³/mol. The van der Waals surface area contributed by atoms with E-state index in [1.165, 1.54) is 0 Å². The van der Waals surface area contributed by atoms with Crippen molar-refractivity contribution < 1.29 is 14.3 Å². The second kappa shape index (κ2) is 6.24. The molecule has 1 aromatic carbocycles. The molecule has 0 unspecified atom stereocenters. The molecule has 6 heteroatoms.